The molecule has 1 fully saturated rings. The van der Waals surface area contributed by atoms with Crippen molar-refractivity contribution >= 4 is 11.4 Å². The fourth-order valence-corrected chi connectivity index (χ4v) is 2.61. The molecule has 1 aliphatic rings. The summed E-state index contributed by atoms with van der Waals surface area (Å²) < 4.78 is 0. The maximum atomic E-state index is 5.84. The van der Waals surface area contributed by atoms with Gasteiger partial charge < -0.3 is 10.6 Å². The van der Waals surface area contributed by atoms with E-state index in [4.69, 9.17) is 5.73 Å². The minimum Gasteiger partial charge on any atom is -0.399 e. The summed E-state index contributed by atoms with van der Waals surface area (Å²) in [7, 11) is 0. The van der Waals surface area contributed by atoms with Crippen molar-refractivity contribution in [3.05, 3.63) is 23.8 Å². The van der Waals surface area contributed by atoms with Crippen LogP contribution in [0.2, 0.25) is 0 Å². The molecule has 0 amide bonds. The van der Waals surface area contributed by atoms with Crippen LogP contribution in [0, 0.1) is 5.92 Å². The first kappa shape index (κ1) is 11.3. The Kier molecular flexibility index (Phi) is 3.37. The lowest BCUT2D eigenvalue weighted by molar-refractivity contribution is 0.446. The Hall–Kier alpha value is -1.18. The molecule has 0 unspecified atom stereocenters. The van der Waals surface area contributed by atoms with Crippen molar-refractivity contribution < 1.29 is 0 Å². The Labute approximate surface area is 98.4 Å². The van der Waals surface area contributed by atoms with Crippen LogP contribution in [0.5, 0.6) is 0 Å². The maximum absolute atomic E-state index is 5.84. The van der Waals surface area contributed by atoms with Gasteiger partial charge in [-0.1, -0.05) is 13.8 Å². The second-order valence-corrected chi connectivity index (χ2v) is 4.94. The van der Waals surface area contributed by atoms with Gasteiger partial charge in [-0.05, 0) is 48.9 Å². The summed E-state index contributed by atoms with van der Waals surface area (Å²) in [5, 5.41) is 0. The highest BCUT2D eigenvalue weighted by Crippen LogP contribution is 2.28. The summed E-state index contributed by atoms with van der Waals surface area (Å²) in [6.07, 6.45) is 3.74. The fourth-order valence-electron chi connectivity index (χ4n) is 2.61. The number of nitrogens with two attached hydrogens (primary N) is 1. The monoisotopic (exact) mass is 218 g/mol. The first-order chi connectivity index (χ1) is 7.70. The SMILES string of the molecule is CCc1cc(N)ccc1N1CCC[C@@H](C)C1. The summed E-state index contributed by atoms with van der Waals surface area (Å²) in [4.78, 5) is 2.52. The molecule has 0 saturated carbocycles. The van der Waals surface area contributed by atoms with E-state index in [9.17, 15) is 0 Å². The van der Waals surface area contributed by atoms with E-state index in [2.05, 4.69) is 30.9 Å². The van der Waals surface area contributed by atoms with Crippen LogP contribution in [0.4, 0.5) is 11.4 Å². The minimum absolute atomic E-state index is 0.816. The van der Waals surface area contributed by atoms with Gasteiger partial charge in [-0.2, -0.15) is 0 Å². The Morgan fingerprint density at radius 1 is 1.44 bits per heavy atom. The topological polar surface area (TPSA) is 29.3 Å². The van der Waals surface area contributed by atoms with Crippen molar-refractivity contribution in [2.45, 2.75) is 33.1 Å². The molecule has 2 rings (SSSR count). The quantitative estimate of drug-likeness (QED) is 0.773. The van der Waals surface area contributed by atoms with Gasteiger partial charge in [0, 0.05) is 24.5 Å². The number of nitrogens with zero attached hydrogens (tertiary/aromatic N) is 1. The number of piperidine rings is 1. The molecule has 1 saturated heterocycles. The van der Waals surface area contributed by atoms with Gasteiger partial charge in [0.1, 0.15) is 0 Å². The molecule has 0 aliphatic carbocycles. The second-order valence-electron chi connectivity index (χ2n) is 4.94. The van der Waals surface area contributed by atoms with Crippen LogP contribution in [-0.2, 0) is 6.42 Å². The van der Waals surface area contributed by atoms with Crippen molar-refractivity contribution in [1.82, 2.24) is 0 Å². The average Bonchev–Trinajstić information content (AvgIpc) is 2.28. The lowest BCUT2D eigenvalue weighted by Gasteiger charge is -2.34. The number of benzene rings is 1. The third kappa shape index (κ3) is 2.31. The summed E-state index contributed by atoms with van der Waals surface area (Å²) in [6, 6.07) is 6.33. The van der Waals surface area contributed by atoms with Crippen molar-refractivity contribution in [1.29, 1.82) is 0 Å². The molecule has 2 N–H and O–H groups in total. The third-order valence-corrected chi connectivity index (χ3v) is 3.48. The predicted molar refractivity (Wildman–Crippen MR) is 70.8 cm³/mol. The smallest absolute Gasteiger partial charge is 0.0400 e. The van der Waals surface area contributed by atoms with Gasteiger partial charge in [-0.25, -0.2) is 0 Å². The van der Waals surface area contributed by atoms with Gasteiger partial charge in [0.25, 0.3) is 0 Å². The molecule has 0 bridgehead atoms. The molecule has 2 heteroatoms. The van der Waals surface area contributed by atoms with Gasteiger partial charge in [0.05, 0.1) is 0 Å². The molecule has 1 aromatic rings. The number of anilines is 2. The first-order valence-corrected chi connectivity index (χ1v) is 6.34. The summed E-state index contributed by atoms with van der Waals surface area (Å²) in [6.45, 7) is 6.93. The van der Waals surface area contributed by atoms with Crippen molar-refractivity contribution in [2.24, 2.45) is 5.92 Å². The van der Waals surface area contributed by atoms with Gasteiger partial charge in [-0.15, -0.1) is 0 Å². The summed E-state index contributed by atoms with van der Waals surface area (Å²) in [5.74, 6) is 0.816. The zero-order valence-electron chi connectivity index (χ0n) is 10.4. The second kappa shape index (κ2) is 4.77. The summed E-state index contributed by atoms with van der Waals surface area (Å²) >= 11 is 0. The van der Waals surface area contributed by atoms with E-state index in [-0.39, 0.29) is 0 Å². The highest BCUT2D eigenvalue weighted by atomic mass is 15.1. The summed E-state index contributed by atoms with van der Waals surface area (Å²) in [5.41, 5.74) is 9.50. The maximum Gasteiger partial charge on any atom is 0.0400 e. The van der Waals surface area contributed by atoms with E-state index in [1.165, 1.54) is 37.2 Å². The molecule has 0 spiro atoms. The number of aryl methyl sites for hydroxylation is 1. The van der Waals surface area contributed by atoms with Gasteiger partial charge in [0.2, 0.25) is 0 Å². The van der Waals surface area contributed by atoms with Crippen molar-refractivity contribution in [3.8, 4) is 0 Å². The van der Waals surface area contributed by atoms with Crippen LogP contribution in [0.3, 0.4) is 0 Å². The normalized spacial score (nSPS) is 21.1. The standard InChI is InChI=1S/C14H22N2/c1-3-12-9-13(15)6-7-14(12)16-8-4-5-11(2)10-16/h6-7,9,11H,3-5,8,10,15H2,1-2H3/t11-/m1/s1. The average molecular weight is 218 g/mol. The number of nitrogen functional groups attached to an aromatic ring is 1. The molecule has 16 heavy (non-hydrogen) atoms. The molecule has 88 valence electrons. The molecule has 2 nitrogen and oxygen atoms in total. The number of hydrogen-bond donors (Lipinski definition) is 1. The zero-order valence-corrected chi connectivity index (χ0v) is 10.4. The Morgan fingerprint density at radius 3 is 2.94 bits per heavy atom. The minimum atomic E-state index is 0.816. The molecule has 1 heterocycles. The van der Waals surface area contributed by atoms with Gasteiger partial charge in [-0.3, -0.25) is 0 Å². The lowest BCUT2D eigenvalue weighted by atomic mass is 9.98. The highest BCUT2D eigenvalue weighted by molar-refractivity contribution is 5.60. The van der Waals surface area contributed by atoms with E-state index in [1.54, 1.807) is 0 Å². The fraction of sp³-hybridized carbons (Fsp3) is 0.571. The zero-order chi connectivity index (χ0) is 11.5. The highest BCUT2D eigenvalue weighted by Gasteiger charge is 2.18. The Bertz CT molecular complexity index is 360. The van der Waals surface area contributed by atoms with E-state index >= 15 is 0 Å². The van der Waals surface area contributed by atoms with E-state index < -0.39 is 0 Å². The number of hydrogen-bond acceptors (Lipinski definition) is 2. The molecule has 1 aromatic carbocycles. The van der Waals surface area contributed by atoms with Crippen LogP contribution < -0.4 is 10.6 Å². The molecule has 1 atom stereocenters. The molecule has 1 aliphatic heterocycles. The molecular weight excluding hydrogens is 196 g/mol. The van der Waals surface area contributed by atoms with Gasteiger partial charge >= 0.3 is 0 Å². The molecule has 0 aromatic heterocycles. The third-order valence-electron chi connectivity index (χ3n) is 3.48. The van der Waals surface area contributed by atoms with Gasteiger partial charge in [0.15, 0.2) is 0 Å². The number of rotatable bonds is 2. The van der Waals surface area contributed by atoms with Crippen molar-refractivity contribution in [2.75, 3.05) is 23.7 Å². The molecule has 0 radical (unpaired) electrons. The van der Waals surface area contributed by atoms with Crippen LogP contribution in [0.1, 0.15) is 32.3 Å². The van der Waals surface area contributed by atoms with E-state index in [0.717, 1.165) is 18.0 Å². The first-order valence-electron chi connectivity index (χ1n) is 6.34. The lowest BCUT2D eigenvalue weighted by Crippen LogP contribution is -2.34. The van der Waals surface area contributed by atoms with E-state index in [1.807, 2.05) is 6.07 Å². The molecular formula is C14H22N2. The predicted octanol–water partition coefficient (Wildman–Crippen LogP) is 3.07. The van der Waals surface area contributed by atoms with Crippen LogP contribution in [0.15, 0.2) is 18.2 Å². The Balaban J connectivity index is 2.24. The van der Waals surface area contributed by atoms with E-state index in [0.29, 0.717) is 0 Å². The van der Waals surface area contributed by atoms with Crippen molar-refractivity contribution in [3.63, 3.8) is 0 Å². The van der Waals surface area contributed by atoms with Crippen LogP contribution >= 0.6 is 0 Å². The van der Waals surface area contributed by atoms with Crippen LogP contribution in [0.25, 0.3) is 0 Å². The Morgan fingerprint density at radius 2 is 2.25 bits per heavy atom. The largest absolute Gasteiger partial charge is 0.399 e. The van der Waals surface area contributed by atoms with Crippen LogP contribution in [-0.4, -0.2) is 13.1 Å².